The zero-order chi connectivity index (χ0) is 21.8. The molecule has 0 aliphatic carbocycles. The third kappa shape index (κ3) is 3.75. The fraction of sp³-hybridized carbons (Fsp3) is 0.688. The summed E-state index contributed by atoms with van der Waals surface area (Å²) in [7, 11) is -2.60. The molecule has 4 heterocycles. The summed E-state index contributed by atoms with van der Waals surface area (Å²) in [5.74, 6) is -0.672. The Kier molecular flexibility index (Phi) is 5.21. The number of ether oxygens (including phenoxy) is 4. The summed E-state index contributed by atoms with van der Waals surface area (Å²) in [5.41, 5.74) is 7.03. The predicted octanol–water partition coefficient (Wildman–Crippen LogP) is -0.246. The first-order valence-corrected chi connectivity index (χ1v) is 10.7. The third-order valence-corrected chi connectivity index (χ3v) is 5.51. The Morgan fingerprint density at radius 3 is 2.67 bits per heavy atom. The van der Waals surface area contributed by atoms with Crippen LogP contribution in [0.5, 0.6) is 0 Å². The van der Waals surface area contributed by atoms with Crippen LogP contribution in [0.2, 0.25) is 0 Å². The molecule has 5 atom stereocenters. The Morgan fingerprint density at radius 1 is 1.30 bits per heavy atom. The first kappa shape index (κ1) is 21.3. The van der Waals surface area contributed by atoms with Gasteiger partial charge in [0.05, 0.1) is 18.1 Å². The number of nitrogens with two attached hydrogens (primary N) is 2. The van der Waals surface area contributed by atoms with Gasteiger partial charge >= 0.3 is 10.3 Å². The van der Waals surface area contributed by atoms with Crippen LogP contribution in [-0.4, -0.2) is 66.0 Å². The maximum absolute atomic E-state index is 11.2. The van der Waals surface area contributed by atoms with Crippen molar-refractivity contribution < 1.29 is 31.5 Å². The monoisotopic (exact) mass is 444 g/mol. The third-order valence-electron chi connectivity index (χ3n) is 5.05. The van der Waals surface area contributed by atoms with E-state index in [0.29, 0.717) is 16.7 Å². The fourth-order valence-electron chi connectivity index (χ4n) is 3.75. The van der Waals surface area contributed by atoms with Crippen molar-refractivity contribution in [2.75, 3.05) is 19.5 Å². The number of nitrogens with zero attached hydrogens (tertiary/aromatic N) is 4. The lowest BCUT2D eigenvalue weighted by Gasteiger charge is -2.24. The Morgan fingerprint density at radius 2 is 2.00 bits per heavy atom. The van der Waals surface area contributed by atoms with Gasteiger partial charge in [-0.2, -0.15) is 13.5 Å². The topological polar surface area (TPSA) is 176 Å². The maximum atomic E-state index is 11.2. The molecule has 4 N–H and O–H groups in total. The van der Waals surface area contributed by atoms with Crippen LogP contribution in [0.25, 0.3) is 11.0 Å². The average Bonchev–Trinajstić information content (AvgIpc) is 3.28. The van der Waals surface area contributed by atoms with Crippen molar-refractivity contribution in [1.82, 2.24) is 19.7 Å². The number of methoxy groups -OCH3 is 1. The van der Waals surface area contributed by atoms with Crippen LogP contribution in [0.4, 0.5) is 5.82 Å². The smallest absolute Gasteiger partial charge is 0.333 e. The molecule has 0 saturated carbocycles. The molecule has 0 aromatic carbocycles. The van der Waals surface area contributed by atoms with E-state index in [4.69, 9.17) is 34.0 Å². The first-order chi connectivity index (χ1) is 14.0. The minimum absolute atomic E-state index is 0.248. The van der Waals surface area contributed by atoms with Crippen molar-refractivity contribution >= 4 is 27.2 Å². The second-order valence-corrected chi connectivity index (χ2v) is 8.79. The van der Waals surface area contributed by atoms with Crippen LogP contribution in [0.1, 0.15) is 38.8 Å². The molecule has 2 aromatic rings. The Balaban J connectivity index is 1.76. The standard InChI is InChI=1S/C16H24N6O7S/c1-7(25-4)10-9-13(17)19-6-20-14(9)22(21-10)15-12-11(28-16(2,3)29-12)8(27-15)5-26-30(18,23)24/h6-8,11-12,15H,5H2,1-4H3,(H2,17,19,20)(H2,18,23,24)/t7-,8-,11-,12-,15-/m1/s1. The van der Waals surface area contributed by atoms with Crippen molar-refractivity contribution in [2.24, 2.45) is 5.14 Å². The van der Waals surface area contributed by atoms with Crippen LogP contribution in [0.15, 0.2) is 6.33 Å². The van der Waals surface area contributed by atoms with Crippen molar-refractivity contribution in [2.45, 2.75) is 57.2 Å². The number of aromatic nitrogens is 4. The van der Waals surface area contributed by atoms with E-state index in [0.717, 1.165) is 0 Å². The predicted molar refractivity (Wildman–Crippen MR) is 102 cm³/mol. The fourth-order valence-corrected chi connectivity index (χ4v) is 4.07. The van der Waals surface area contributed by atoms with Gasteiger partial charge in [0.1, 0.15) is 36.2 Å². The van der Waals surface area contributed by atoms with Crippen LogP contribution in [0.3, 0.4) is 0 Å². The molecule has 30 heavy (non-hydrogen) atoms. The second kappa shape index (κ2) is 7.33. The quantitative estimate of drug-likeness (QED) is 0.601. The van der Waals surface area contributed by atoms with Crippen molar-refractivity contribution in [3.8, 4) is 0 Å². The molecule has 0 bridgehead atoms. The molecule has 2 fully saturated rings. The number of hydrogen-bond donors (Lipinski definition) is 2. The molecule has 4 rings (SSSR count). The highest BCUT2D eigenvalue weighted by atomic mass is 32.2. The Bertz CT molecular complexity index is 1060. The van der Waals surface area contributed by atoms with E-state index in [1.165, 1.54) is 11.0 Å². The van der Waals surface area contributed by atoms with E-state index in [1.807, 2.05) is 6.92 Å². The van der Waals surface area contributed by atoms with Gasteiger partial charge in [0.2, 0.25) is 0 Å². The van der Waals surface area contributed by atoms with Gasteiger partial charge in [-0.15, -0.1) is 0 Å². The molecule has 0 unspecified atom stereocenters. The second-order valence-electron chi connectivity index (χ2n) is 7.57. The molecule has 14 heteroatoms. The van der Waals surface area contributed by atoms with E-state index in [1.54, 1.807) is 21.0 Å². The summed E-state index contributed by atoms with van der Waals surface area (Å²) in [6.07, 6.45) is -1.87. The number of hydrogen-bond acceptors (Lipinski definition) is 11. The van der Waals surface area contributed by atoms with E-state index < -0.39 is 46.7 Å². The highest BCUT2D eigenvalue weighted by Gasteiger charge is 2.57. The van der Waals surface area contributed by atoms with Gasteiger partial charge in [0.15, 0.2) is 17.7 Å². The summed E-state index contributed by atoms with van der Waals surface area (Å²) in [6, 6.07) is 0. The molecular weight excluding hydrogens is 420 g/mol. The number of nitrogen functional groups attached to an aromatic ring is 1. The lowest BCUT2D eigenvalue weighted by Crippen LogP contribution is -2.34. The summed E-state index contributed by atoms with van der Waals surface area (Å²) < 4.78 is 52.2. The van der Waals surface area contributed by atoms with E-state index in [2.05, 4.69) is 15.1 Å². The van der Waals surface area contributed by atoms with Crippen molar-refractivity contribution in [3.63, 3.8) is 0 Å². The zero-order valence-electron chi connectivity index (χ0n) is 16.9. The first-order valence-electron chi connectivity index (χ1n) is 9.20. The zero-order valence-corrected chi connectivity index (χ0v) is 17.7. The molecular formula is C16H24N6O7S. The molecule has 2 aromatic heterocycles. The van der Waals surface area contributed by atoms with Gasteiger partial charge in [0, 0.05) is 7.11 Å². The minimum Gasteiger partial charge on any atom is -0.383 e. The molecule has 0 radical (unpaired) electrons. The van der Waals surface area contributed by atoms with Gasteiger partial charge in [-0.25, -0.2) is 19.8 Å². The van der Waals surface area contributed by atoms with Gasteiger partial charge in [-0.1, -0.05) is 0 Å². The lowest BCUT2D eigenvalue weighted by molar-refractivity contribution is -0.200. The normalized spacial score (nSPS) is 29.4. The van der Waals surface area contributed by atoms with Gasteiger partial charge in [0.25, 0.3) is 0 Å². The summed E-state index contributed by atoms with van der Waals surface area (Å²) in [5, 5.41) is 10.1. The molecule has 13 nitrogen and oxygen atoms in total. The van der Waals surface area contributed by atoms with Crippen LogP contribution in [-0.2, 0) is 33.4 Å². The molecule has 2 aliphatic rings. The molecule has 0 spiro atoms. The van der Waals surface area contributed by atoms with Crippen LogP contribution >= 0.6 is 0 Å². The molecule has 0 amide bonds. The van der Waals surface area contributed by atoms with Crippen molar-refractivity contribution in [1.29, 1.82) is 0 Å². The molecule has 2 saturated heterocycles. The SMILES string of the molecule is CO[C@H](C)c1nn([C@@H]2O[C@H](COS(N)(=O)=O)[C@H]3OC(C)(C)O[C@H]32)c2ncnc(N)c12. The van der Waals surface area contributed by atoms with E-state index in [9.17, 15) is 8.42 Å². The maximum Gasteiger partial charge on any atom is 0.333 e. The minimum atomic E-state index is -4.15. The average molecular weight is 444 g/mol. The highest BCUT2D eigenvalue weighted by Crippen LogP contribution is 2.44. The largest absolute Gasteiger partial charge is 0.383 e. The van der Waals surface area contributed by atoms with Gasteiger partial charge in [-0.3, -0.25) is 4.18 Å². The summed E-state index contributed by atoms with van der Waals surface area (Å²) >= 11 is 0. The van der Waals surface area contributed by atoms with Crippen LogP contribution < -0.4 is 10.9 Å². The van der Waals surface area contributed by atoms with Crippen molar-refractivity contribution in [3.05, 3.63) is 12.0 Å². The molecule has 166 valence electrons. The van der Waals surface area contributed by atoms with Gasteiger partial charge < -0.3 is 24.7 Å². The molecule has 2 aliphatic heterocycles. The van der Waals surface area contributed by atoms with E-state index in [-0.39, 0.29) is 12.4 Å². The highest BCUT2D eigenvalue weighted by molar-refractivity contribution is 7.84. The number of rotatable bonds is 6. The number of fused-ring (bicyclic) bond motifs is 2. The summed E-state index contributed by atoms with van der Waals surface area (Å²) in [4.78, 5) is 8.36. The van der Waals surface area contributed by atoms with E-state index >= 15 is 0 Å². The lowest BCUT2D eigenvalue weighted by atomic mass is 10.1. The Labute approximate surface area is 172 Å². The van der Waals surface area contributed by atoms with Gasteiger partial charge in [-0.05, 0) is 20.8 Å². The summed E-state index contributed by atoms with van der Waals surface area (Å²) in [6.45, 7) is 4.98. The van der Waals surface area contributed by atoms with Crippen LogP contribution in [0, 0.1) is 0 Å². The number of anilines is 1. The Hall–Kier alpha value is -1.94.